The quantitative estimate of drug-likeness (QED) is 0.274. The predicted molar refractivity (Wildman–Crippen MR) is 144 cm³/mol. The molecule has 0 N–H and O–H groups in total. The molecule has 0 spiro atoms. The fraction of sp³-hybridized carbons (Fsp3) is 0.320. The molecule has 4 aromatic heterocycles. The van der Waals surface area contributed by atoms with E-state index in [0.717, 1.165) is 0 Å². The highest BCUT2D eigenvalue weighted by Crippen LogP contribution is 1.73. The molecular formula is C25H49N7. The Morgan fingerprint density at radius 3 is 0.688 bits per heavy atom. The van der Waals surface area contributed by atoms with Crippen LogP contribution < -0.4 is 0 Å². The summed E-state index contributed by atoms with van der Waals surface area (Å²) in [4.78, 5) is 18.6. The monoisotopic (exact) mass is 447 g/mol. The molecule has 0 aliphatic carbocycles. The molecule has 0 fully saturated rings. The molecule has 4 heterocycles. The summed E-state index contributed by atoms with van der Waals surface area (Å²) >= 11 is 0. The fourth-order valence-electron chi connectivity index (χ4n) is 1.07. The zero-order chi connectivity index (χ0) is 17.0. The van der Waals surface area contributed by atoms with Crippen LogP contribution in [-0.2, 0) is 0 Å². The first-order valence-corrected chi connectivity index (χ1v) is 6.97. The lowest BCUT2D eigenvalue weighted by atomic mass is 10.5. The first-order valence-electron chi connectivity index (χ1n) is 6.97. The summed E-state index contributed by atoms with van der Waals surface area (Å²) in [5, 5.41) is 7.07. The second-order valence-electron chi connectivity index (χ2n) is 3.74. The van der Waals surface area contributed by atoms with E-state index >= 15 is 0 Å². The first-order chi connectivity index (χ1) is 12.0. The Morgan fingerprint density at radius 2 is 0.562 bits per heavy atom. The number of hydrogen-bond donors (Lipinski definition) is 0. The van der Waals surface area contributed by atoms with Gasteiger partial charge in [0.1, 0.15) is 6.33 Å². The molecule has 0 saturated carbocycles. The van der Waals surface area contributed by atoms with Crippen LogP contribution in [0.3, 0.4) is 0 Å². The van der Waals surface area contributed by atoms with Gasteiger partial charge in [0.25, 0.3) is 0 Å². The van der Waals surface area contributed by atoms with Crippen LogP contribution in [0.2, 0.25) is 0 Å². The van der Waals surface area contributed by atoms with Crippen molar-refractivity contribution >= 4 is 0 Å². The van der Waals surface area contributed by atoms with E-state index in [4.69, 9.17) is 0 Å². The van der Waals surface area contributed by atoms with Gasteiger partial charge in [0, 0.05) is 62.0 Å². The maximum absolute atomic E-state index is 3.78. The highest BCUT2D eigenvalue weighted by atomic mass is 15.1. The lowest BCUT2D eigenvalue weighted by molar-refractivity contribution is 1.03. The normalized spacial score (nSPS) is 6.00. The third kappa shape index (κ3) is 40.9. The molecule has 0 unspecified atom stereocenters. The van der Waals surface area contributed by atoms with Crippen molar-refractivity contribution in [3.8, 4) is 0 Å². The molecule has 7 heteroatoms. The summed E-state index contributed by atoms with van der Waals surface area (Å²) in [7, 11) is 0. The summed E-state index contributed by atoms with van der Waals surface area (Å²) in [6.45, 7) is 0. The van der Waals surface area contributed by atoms with Gasteiger partial charge in [0.05, 0.1) is 0 Å². The van der Waals surface area contributed by atoms with Gasteiger partial charge in [-0.2, -0.15) is 10.2 Å². The minimum atomic E-state index is 0. The summed E-state index contributed by atoms with van der Waals surface area (Å²) in [5.41, 5.74) is 0. The molecule has 0 bridgehead atoms. The zero-order valence-corrected chi connectivity index (χ0v) is 12.9. The standard InChI is InChI=1S/C5H5N.3C4H4N2.8CH4/c1-2-4-6-5-3-1;1-2-6-4-3-5-1;1-2-5-4-6-3-1;1-2-4-6-5-3-1;;;;;;;;/h1-5H;3*1-4H;8*1H4. The van der Waals surface area contributed by atoms with Gasteiger partial charge in [0.15, 0.2) is 0 Å². The minimum absolute atomic E-state index is 0. The number of hydrogen-bond acceptors (Lipinski definition) is 7. The van der Waals surface area contributed by atoms with Crippen molar-refractivity contribution in [2.24, 2.45) is 0 Å². The Bertz CT molecular complexity index is 438. The van der Waals surface area contributed by atoms with Crippen molar-refractivity contribution in [2.75, 3.05) is 0 Å². The Morgan fingerprint density at radius 1 is 0.250 bits per heavy atom. The molecule has 4 aromatic rings. The van der Waals surface area contributed by atoms with Crippen LogP contribution >= 0.6 is 0 Å². The van der Waals surface area contributed by atoms with Gasteiger partial charge < -0.3 is 0 Å². The van der Waals surface area contributed by atoms with Crippen molar-refractivity contribution in [3.05, 3.63) is 105 Å². The average Bonchev–Trinajstić information content (AvgIpc) is 2.75. The Labute approximate surface area is 199 Å². The van der Waals surface area contributed by atoms with E-state index < -0.39 is 0 Å². The highest BCUT2D eigenvalue weighted by molar-refractivity contribution is 4.88. The summed E-state index contributed by atoms with van der Waals surface area (Å²) < 4.78 is 0. The summed E-state index contributed by atoms with van der Waals surface area (Å²) in [6, 6.07) is 11.1. The van der Waals surface area contributed by atoms with E-state index in [1.165, 1.54) is 6.33 Å². The molecule has 184 valence electrons. The number of nitrogens with zero attached hydrogens (tertiary/aromatic N) is 7. The van der Waals surface area contributed by atoms with E-state index in [-0.39, 0.29) is 59.4 Å². The molecule has 0 saturated heterocycles. The van der Waals surface area contributed by atoms with Gasteiger partial charge in [-0.3, -0.25) is 15.0 Å². The SMILES string of the molecule is C.C.C.C.C.C.C.C.c1ccncc1.c1ccnnc1.c1cnccn1.c1cncnc1. The van der Waals surface area contributed by atoms with Crippen molar-refractivity contribution in [1.29, 1.82) is 0 Å². The van der Waals surface area contributed by atoms with E-state index in [9.17, 15) is 0 Å². The Hall–Kier alpha value is -3.61. The fourth-order valence-corrected chi connectivity index (χ4v) is 1.07. The number of rotatable bonds is 0. The van der Waals surface area contributed by atoms with Gasteiger partial charge >= 0.3 is 0 Å². The molecule has 0 atom stereocenters. The van der Waals surface area contributed by atoms with Gasteiger partial charge in [-0.25, -0.2) is 9.97 Å². The second-order valence-corrected chi connectivity index (χ2v) is 3.74. The lowest BCUT2D eigenvalue weighted by Crippen LogP contribution is -1.69. The predicted octanol–water partition coefficient (Wildman–Crippen LogP) is 7.60. The summed E-state index contributed by atoms with van der Waals surface area (Å²) in [6.07, 6.45) is 18.2. The molecule has 0 radical (unpaired) electrons. The van der Waals surface area contributed by atoms with Gasteiger partial charge in [-0.05, 0) is 30.3 Å². The van der Waals surface area contributed by atoms with Crippen molar-refractivity contribution < 1.29 is 0 Å². The number of aromatic nitrogens is 7. The first kappa shape index (κ1) is 51.2. The molecule has 0 aliphatic heterocycles. The minimum Gasteiger partial charge on any atom is -0.265 e. The van der Waals surface area contributed by atoms with E-state index in [1.807, 2.05) is 30.3 Å². The Kier molecular flexibility index (Phi) is 73.5. The van der Waals surface area contributed by atoms with Crippen LogP contribution in [0, 0.1) is 0 Å². The molecule has 0 aromatic carbocycles. The lowest BCUT2D eigenvalue weighted by Gasteiger charge is -1.70. The van der Waals surface area contributed by atoms with E-state index in [1.54, 1.807) is 68.0 Å². The summed E-state index contributed by atoms with van der Waals surface area (Å²) in [5.74, 6) is 0. The van der Waals surface area contributed by atoms with Crippen LogP contribution in [-0.4, -0.2) is 35.1 Å². The molecular weight excluding hydrogens is 398 g/mol. The van der Waals surface area contributed by atoms with Crippen LogP contribution in [0.15, 0.2) is 105 Å². The van der Waals surface area contributed by atoms with Gasteiger partial charge in [0.2, 0.25) is 0 Å². The molecule has 0 aliphatic rings. The van der Waals surface area contributed by atoms with Gasteiger partial charge in [-0.1, -0.05) is 65.5 Å². The third-order valence-corrected chi connectivity index (χ3v) is 2.00. The average molecular weight is 448 g/mol. The second kappa shape index (κ2) is 45.9. The van der Waals surface area contributed by atoms with E-state index in [2.05, 4.69) is 35.1 Å². The van der Waals surface area contributed by atoms with Crippen molar-refractivity contribution in [2.45, 2.75) is 59.4 Å². The maximum Gasteiger partial charge on any atom is 0.115 e. The molecule has 4 rings (SSSR count). The third-order valence-electron chi connectivity index (χ3n) is 2.00. The molecule has 7 nitrogen and oxygen atoms in total. The van der Waals surface area contributed by atoms with Crippen LogP contribution in [0.25, 0.3) is 0 Å². The smallest absolute Gasteiger partial charge is 0.115 e. The van der Waals surface area contributed by atoms with Crippen molar-refractivity contribution in [3.63, 3.8) is 0 Å². The highest BCUT2D eigenvalue weighted by Gasteiger charge is 1.60. The maximum atomic E-state index is 3.78. The number of pyridine rings is 1. The largest absolute Gasteiger partial charge is 0.265 e. The molecule has 0 amide bonds. The molecule has 32 heavy (non-hydrogen) atoms. The van der Waals surface area contributed by atoms with E-state index in [0.29, 0.717) is 0 Å². The van der Waals surface area contributed by atoms with Crippen LogP contribution in [0.4, 0.5) is 0 Å². The van der Waals surface area contributed by atoms with Crippen LogP contribution in [0.5, 0.6) is 0 Å². The Balaban J connectivity index is -0.0000000369. The van der Waals surface area contributed by atoms with Crippen LogP contribution in [0.1, 0.15) is 59.4 Å². The van der Waals surface area contributed by atoms with Crippen molar-refractivity contribution in [1.82, 2.24) is 35.1 Å². The van der Waals surface area contributed by atoms with Gasteiger partial charge in [-0.15, -0.1) is 0 Å². The topological polar surface area (TPSA) is 90.2 Å². The zero-order valence-electron chi connectivity index (χ0n) is 12.9.